The molecule has 0 amide bonds. The van der Waals surface area contributed by atoms with Crippen LogP contribution in [0.5, 0.6) is 5.75 Å². The van der Waals surface area contributed by atoms with E-state index in [1.54, 1.807) is 11.3 Å². The number of rotatable bonds is 5. The van der Waals surface area contributed by atoms with Gasteiger partial charge in [0.2, 0.25) is 0 Å². The van der Waals surface area contributed by atoms with Crippen LogP contribution in [0, 0.1) is 0 Å². The Morgan fingerprint density at radius 3 is 2.61 bits per heavy atom. The molecule has 4 rings (SSSR count). The van der Waals surface area contributed by atoms with Crippen molar-refractivity contribution in [3.63, 3.8) is 0 Å². The summed E-state index contributed by atoms with van der Waals surface area (Å²) in [6.45, 7) is 6.51. The second-order valence-electron chi connectivity index (χ2n) is 8.51. The number of ether oxygens (including phenoxy) is 3. The van der Waals surface area contributed by atoms with Gasteiger partial charge in [0.05, 0.1) is 24.2 Å². The minimum Gasteiger partial charge on any atom is -0.493 e. The molecule has 5 nitrogen and oxygen atoms in total. The van der Waals surface area contributed by atoms with E-state index in [1.165, 1.54) is 12.7 Å². The van der Waals surface area contributed by atoms with E-state index in [1.807, 2.05) is 63.2 Å². The number of carbonyl (C=O) groups is 1. The normalized spacial score (nSPS) is 14.5. The molecule has 0 aliphatic carbocycles. The van der Waals surface area contributed by atoms with Crippen LogP contribution in [0.15, 0.2) is 48.5 Å². The molecule has 31 heavy (non-hydrogen) atoms. The minimum absolute atomic E-state index is 0.456. The summed E-state index contributed by atoms with van der Waals surface area (Å²) in [7, 11) is 1.38. The smallest absolute Gasteiger partial charge is 0.341 e. The maximum Gasteiger partial charge on any atom is 0.341 e. The van der Waals surface area contributed by atoms with E-state index in [0.29, 0.717) is 5.69 Å². The molecule has 0 fully saturated rings. The monoisotopic (exact) mass is 437 g/mol. The molecule has 0 N–H and O–H groups in total. The standard InChI is InChI=1S/C25H27NO4S/c1-25(2,3)30-21(24(27)28-4)20-22(31-23(26-20)16-9-6-5-7-10-16)18-12-13-19-17(15-18)11-8-14-29-19/h5-7,9-10,12-13,15,21H,8,11,14H2,1-4H3. The lowest BCUT2D eigenvalue weighted by Crippen LogP contribution is -2.28. The van der Waals surface area contributed by atoms with Crippen LogP contribution >= 0.6 is 11.3 Å². The van der Waals surface area contributed by atoms with Gasteiger partial charge >= 0.3 is 5.97 Å². The Kier molecular flexibility index (Phi) is 6.12. The molecule has 1 aliphatic rings. The molecule has 2 aromatic carbocycles. The third-order valence-corrected chi connectivity index (χ3v) is 6.15. The Balaban J connectivity index is 1.86. The van der Waals surface area contributed by atoms with Crippen LogP contribution < -0.4 is 4.74 Å². The number of benzene rings is 2. The van der Waals surface area contributed by atoms with Gasteiger partial charge in [-0.1, -0.05) is 30.3 Å². The summed E-state index contributed by atoms with van der Waals surface area (Å²) >= 11 is 1.56. The minimum atomic E-state index is -0.916. The number of aromatic nitrogens is 1. The fraction of sp³-hybridized carbons (Fsp3) is 0.360. The number of hydrogen-bond donors (Lipinski definition) is 0. The second kappa shape index (κ2) is 8.81. The maximum absolute atomic E-state index is 12.7. The fourth-order valence-corrected chi connectivity index (χ4v) is 4.69. The molecule has 162 valence electrons. The van der Waals surface area contributed by atoms with Gasteiger partial charge in [0.15, 0.2) is 6.10 Å². The van der Waals surface area contributed by atoms with Crippen molar-refractivity contribution in [1.29, 1.82) is 0 Å². The molecule has 2 heterocycles. The summed E-state index contributed by atoms with van der Waals surface area (Å²) in [5, 5.41) is 0.839. The largest absolute Gasteiger partial charge is 0.493 e. The van der Waals surface area contributed by atoms with Crippen molar-refractivity contribution < 1.29 is 19.0 Å². The van der Waals surface area contributed by atoms with E-state index in [-0.39, 0.29) is 0 Å². The van der Waals surface area contributed by atoms with E-state index < -0.39 is 17.7 Å². The van der Waals surface area contributed by atoms with Gasteiger partial charge in [0, 0.05) is 5.56 Å². The lowest BCUT2D eigenvalue weighted by Gasteiger charge is -2.25. The average molecular weight is 438 g/mol. The van der Waals surface area contributed by atoms with Crippen molar-refractivity contribution in [2.24, 2.45) is 0 Å². The number of fused-ring (bicyclic) bond motifs is 1. The Bertz CT molecular complexity index is 1070. The van der Waals surface area contributed by atoms with Gasteiger partial charge in [0.1, 0.15) is 16.5 Å². The van der Waals surface area contributed by atoms with Crippen LogP contribution in [0.25, 0.3) is 21.0 Å². The van der Waals surface area contributed by atoms with E-state index in [9.17, 15) is 4.79 Å². The zero-order valence-corrected chi connectivity index (χ0v) is 19.1. The lowest BCUT2D eigenvalue weighted by atomic mass is 10.0. The first kappa shape index (κ1) is 21.5. The molecule has 0 saturated carbocycles. The van der Waals surface area contributed by atoms with E-state index >= 15 is 0 Å². The van der Waals surface area contributed by atoms with Gasteiger partial charge in [-0.3, -0.25) is 0 Å². The van der Waals surface area contributed by atoms with E-state index in [4.69, 9.17) is 19.2 Å². The summed E-state index contributed by atoms with van der Waals surface area (Å²) < 4.78 is 17.0. The van der Waals surface area contributed by atoms with Crippen LogP contribution in [0.2, 0.25) is 0 Å². The third kappa shape index (κ3) is 4.81. The molecule has 1 aliphatic heterocycles. The van der Waals surface area contributed by atoms with Gasteiger partial charge in [-0.2, -0.15) is 0 Å². The molecule has 1 aromatic heterocycles. The molecular weight excluding hydrogens is 410 g/mol. The van der Waals surface area contributed by atoms with Gasteiger partial charge in [-0.25, -0.2) is 9.78 Å². The molecule has 0 bridgehead atoms. The van der Waals surface area contributed by atoms with Crippen LogP contribution in [0.1, 0.15) is 44.6 Å². The Morgan fingerprint density at radius 2 is 1.90 bits per heavy atom. The first-order valence-corrected chi connectivity index (χ1v) is 11.3. The summed E-state index contributed by atoms with van der Waals surface area (Å²) in [5.74, 6) is 0.474. The molecular formula is C25H27NO4S. The average Bonchev–Trinajstić information content (AvgIpc) is 3.22. The number of hydrogen-bond acceptors (Lipinski definition) is 6. The van der Waals surface area contributed by atoms with Crippen molar-refractivity contribution in [3.8, 4) is 26.8 Å². The number of thiazole rings is 1. The SMILES string of the molecule is COC(=O)C(OC(C)(C)C)c1nc(-c2ccccc2)sc1-c1ccc2c(c1)CCCO2. The van der Waals surface area contributed by atoms with Crippen molar-refractivity contribution in [1.82, 2.24) is 4.98 Å². The van der Waals surface area contributed by atoms with Crippen molar-refractivity contribution >= 4 is 17.3 Å². The Labute approximate surface area is 187 Å². The summed E-state index contributed by atoms with van der Waals surface area (Å²) in [4.78, 5) is 18.5. The zero-order chi connectivity index (χ0) is 22.0. The van der Waals surface area contributed by atoms with Crippen LogP contribution in [-0.2, 0) is 20.7 Å². The Hall–Kier alpha value is -2.70. The van der Waals surface area contributed by atoms with Crippen LogP contribution in [0.3, 0.4) is 0 Å². The van der Waals surface area contributed by atoms with Crippen molar-refractivity contribution in [2.45, 2.75) is 45.3 Å². The predicted octanol–water partition coefficient (Wildman–Crippen LogP) is 5.83. The topological polar surface area (TPSA) is 57.7 Å². The number of nitrogens with zero attached hydrogens (tertiary/aromatic N) is 1. The molecule has 6 heteroatoms. The van der Waals surface area contributed by atoms with Gasteiger partial charge in [-0.15, -0.1) is 11.3 Å². The van der Waals surface area contributed by atoms with Crippen LogP contribution in [-0.4, -0.2) is 30.3 Å². The molecule has 0 spiro atoms. The van der Waals surface area contributed by atoms with Gasteiger partial charge in [-0.05, 0) is 62.9 Å². The van der Waals surface area contributed by atoms with Gasteiger partial charge < -0.3 is 14.2 Å². The zero-order valence-electron chi connectivity index (χ0n) is 18.3. The predicted molar refractivity (Wildman–Crippen MR) is 122 cm³/mol. The molecule has 0 saturated heterocycles. The Morgan fingerprint density at radius 1 is 1.13 bits per heavy atom. The van der Waals surface area contributed by atoms with Crippen LogP contribution in [0.4, 0.5) is 0 Å². The van der Waals surface area contributed by atoms with E-state index in [0.717, 1.165) is 46.2 Å². The summed E-state index contributed by atoms with van der Waals surface area (Å²) in [6.07, 6.45) is 1.06. The number of methoxy groups -OCH3 is 1. The number of aryl methyl sites for hydroxylation is 1. The second-order valence-corrected chi connectivity index (χ2v) is 9.51. The fourth-order valence-electron chi connectivity index (χ4n) is 3.60. The molecule has 0 radical (unpaired) electrons. The molecule has 1 unspecified atom stereocenters. The third-order valence-electron chi connectivity index (χ3n) is 4.98. The maximum atomic E-state index is 12.7. The highest BCUT2D eigenvalue weighted by molar-refractivity contribution is 7.18. The first-order chi connectivity index (χ1) is 14.9. The highest BCUT2D eigenvalue weighted by atomic mass is 32.1. The number of esters is 1. The summed E-state index contributed by atoms with van der Waals surface area (Å²) in [5.41, 5.74) is 3.22. The highest BCUT2D eigenvalue weighted by Crippen LogP contribution is 2.42. The van der Waals surface area contributed by atoms with Crippen molar-refractivity contribution in [3.05, 3.63) is 59.8 Å². The molecule has 3 aromatic rings. The number of carbonyl (C=O) groups excluding carboxylic acids is 1. The quantitative estimate of drug-likeness (QED) is 0.470. The van der Waals surface area contributed by atoms with Gasteiger partial charge in [0.25, 0.3) is 0 Å². The lowest BCUT2D eigenvalue weighted by molar-refractivity contribution is -0.164. The van der Waals surface area contributed by atoms with E-state index in [2.05, 4.69) is 6.07 Å². The summed E-state index contributed by atoms with van der Waals surface area (Å²) in [6, 6.07) is 16.2. The highest BCUT2D eigenvalue weighted by Gasteiger charge is 2.33. The first-order valence-electron chi connectivity index (χ1n) is 10.4. The van der Waals surface area contributed by atoms with Crippen molar-refractivity contribution in [2.75, 3.05) is 13.7 Å². The molecule has 1 atom stereocenters.